The maximum Gasteiger partial charge on any atom is 0.219 e. The maximum absolute atomic E-state index is 9.62. The maximum atomic E-state index is 9.62. The van der Waals surface area contributed by atoms with Gasteiger partial charge < -0.3 is 25.2 Å². The van der Waals surface area contributed by atoms with Crippen molar-refractivity contribution in [2.24, 2.45) is 0 Å². The second kappa shape index (κ2) is 5.35. The number of aromatic nitrogens is 1. The Labute approximate surface area is 124 Å². The van der Waals surface area contributed by atoms with Gasteiger partial charge in [0.2, 0.25) is 5.88 Å². The lowest BCUT2D eigenvalue weighted by atomic mass is 9.93. The molecule has 0 aliphatic carbocycles. The lowest BCUT2D eigenvalue weighted by Crippen LogP contribution is -2.37. The topological polar surface area (TPSA) is 80.8 Å². The van der Waals surface area contributed by atoms with Gasteiger partial charge in [-0.1, -0.05) is 0 Å². The Morgan fingerprint density at radius 3 is 2.86 bits per heavy atom. The number of hydrogen-bond donors (Lipinski definition) is 2. The molecule has 2 aliphatic rings. The molecular formula is C15H23N3O3. The van der Waals surface area contributed by atoms with E-state index in [1.54, 1.807) is 6.92 Å². The van der Waals surface area contributed by atoms with Crippen molar-refractivity contribution in [2.75, 3.05) is 36.9 Å². The standard InChI is InChI=1S/C15H23N3O3/c1-10(19)8-15(2)9-11-7-12(16)13(17-14(11)21-15)18-3-5-20-6-4-18/h7,10,19H,3-6,8-9,16H2,1-2H3. The number of pyridine rings is 1. The van der Waals surface area contributed by atoms with Crippen molar-refractivity contribution in [2.45, 2.75) is 38.4 Å². The number of aliphatic hydroxyl groups is 1. The first-order valence-electron chi connectivity index (χ1n) is 7.46. The van der Waals surface area contributed by atoms with Crippen LogP contribution in [0.3, 0.4) is 0 Å². The molecule has 21 heavy (non-hydrogen) atoms. The summed E-state index contributed by atoms with van der Waals surface area (Å²) in [5.74, 6) is 1.42. The molecule has 6 heteroatoms. The Hall–Kier alpha value is -1.53. The quantitative estimate of drug-likeness (QED) is 0.864. The van der Waals surface area contributed by atoms with Crippen molar-refractivity contribution in [3.05, 3.63) is 11.6 Å². The van der Waals surface area contributed by atoms with E-state index < -0.39 is 11.7 Å². The molecule has 0 saturated carbocycles. The van der Waals surface area contributed by atoms with Gasteiger partial charge in [0.1, 0.15) is 5.60 Å². The first kappa shape index (κ1) is 14.4. The van der Waals surface area contributed by atoms with E-state index in [9.17, 15) is 5.11 Å². The first-order chi connectivity index (χ1) is 9.97. The minimum absolute atomic E-state index is 0.402. The smallest absolute Gasteiger partial charge is 0.219 e. The summed E-state index contributed by atoms with van der Waals surface area (Å²) in [4.78, 5) is 6.75. The molecule has 1 aromatic rings. The fraction of sp³-hybridized carbons (Fsp3) is 0.667. The van der Waals surface area contributed by atoms with Crippen molar-refractivity contribution in [1.29, 1.82) is 0 Å². The number of hydrogen-bond acceptors (Lipinski definition) is 6. The molecule has 3 N–H and O–H groups in total. The van der Waals surface area contributed by atoms with Crippen molar-refractivity contribution in [3.8, 4) is 5.88 Å². The summed E-state index contributed by atoms with van der Waals surface area (Å²) in [7, 11) is 0. The minimum Gasteiger partial charge on any atom is -0.471 e. The van der Waals surface area contributed by atoms with Crippen LogP contribution in [0.25, 0.3) is 0 Å². The number of ether oxygens (including phenoxy) is 2. The summed E-state index contributed by atoms with van der Waals surface area (Å²) < 4.78 is 11.4. The van der Waals surface area contributed by atoms with Crippen molar-refractivity contribution in [3.63, 3.8) is 0 Å². The fourth-order valence-electron chi connectivity index (χ4n) is 3.20. The average Bonchev–Trinajstić information content (AvgIpc) is 2.72. The van der Waals surface area contributed by atoms with Gasteiger partial charge in [0, 0.05) is 31.5 Å². The molecule has 3 heterocycles. The van der Waals surface area contributed by atoms with E-state index in [0.717, 1.165) is 30.9 Å². The molecule has 0 amide bonds. The van der Waals surface area contributed by atoms with Crippen LogP contribution >= 0.6 is 0 Å². The van der Waals surface area contributed by atoms with Crippen LogP contribution in [-0.4, -0.2) is 48.1 Å². The summed E-state index contributed by atoms with van der Waals surface area (Å²) in [6, 6.07) is 1.96. The molecule has 0 radical (unpaired) electrons. The van der Waals surface area contributed by atoms with Gasteiger partial charge >= 0.3 is 0 Å². The number of nitrogens with two attached hydrogens (primary N) is 1. The van der Waals surface area contributed by atoms with Gasteiger partial charge in [-0.3, -0.25) is 0 Å². The lowest BCUT2D eigenvalue weighted by molar-refractivity contribution is 0.0459. The van der Waals surface area contributed by atoms with Crippen molar-refractivity contribution >= 4 is 11.5 Å². The largest absolute Gasteiger partial charge is 0.471 e. The molecule has 2 unspecified atom stereocenters. The predicted octanol–water partition coefficient (Wildman–Crippen LogP) is 0.965. The van der Waals surface area contributed by atoms with Gasteiger partial charge in [-0.2, -0.15) is 4.98 Å². The van der Waals surface area contributed by atoms with Crippen molar-refractivity contribution in [1.82, 2.24) is 4.98 Å². The number of rotatable bonds is 3. The number of nitrogens with zero attached hydrogens (tertiary/aromatic N) is 2. The van der Waals surface area contributed by atoms with Gasteiger partial charge in [0.25, 0.3) is 0 Å². The molecule has 1 aromatic heterocycles. The summed E-state index contributed by atoms with van der Waals surface area (Å²) in [6.07, 6.45) is 0.907. The average molecular weight is 293 g/mol. The third-order valence-corrected chi connectivity index (χ3v) is 4.02. The van der Waals surface area contributed by atoms with Crippen LogP contribution in [0.5, 0.6) is 5.88 Å². The summed E-state index contributed by atoms with van der Waals surface area (Å²) in [5, 5.41) is 9.62. The Bertz CT molecular complexity index is 529. The Balaban J connectivity index is 1.84. The molecule has 6 nitrogen and oxygen atoms in total. The van der Waals surface area contributed by atoms with Gasteiger partial charge in [-0.05, 0) is 19.9 Å². The Morgan fingerprint density at radius 1 is 1.48 bits per heavy atom. The van der Waals surface area contributed by atoms with Gasteiger partial charge in [0.05, 0.1) is 25.0 Å². The number of nitrogen functional groups attached to an aromatic ring is 1. The van der Waals surface area contributed by atoms with Crippen LogP contribution in [-0.2, 0) is 11.2 Å². The van der Waals surface area contributed by atoms with Crippen LogP contribution in [0.15, 0.2) is 6.07 Å². The van der Waals surface area contributed by atoms with Gasteiger partial charge in [-0.25, -0.2) is 0 Å². The highest BCUT2D eigenvalue weighted by atomic mass is 16.5. The number of morpholine rings is 1. The normalized spacial score (nSPS) is 26.3. The van der Waals surface area contributed by atoms with Crippen LogP contribution < -0.4 is 15.4 Å². The molecule has 1 saturated heterocycles. The molecule has 2 aliphatic heterocycles. The molecule has 2 atom stereocenters. The highest BCUT2D eigenvalue weighted by Gasteiger charge is 2.37. The van der Waals surface area contributed by atoms with Crippen LogP contribution in [0.1, 0.15) is 25.8 Å². The van der Waals surface area contributed by atoms with E-state index in [1.807, 2.05) is 13.0 Å². The van der Waals surface area contributed by atoms with Crippen molar-refractivity contribution < 1.29 is 14.6 Å². The van der Waals surface area contributed by atoms with E-state index in [4.69, 9.17) is 15.2 Å². The van der Waals surface area contributed by atoms with E-state index in [0.29, 0.717) is 31.2 Å². The number of fused-ring (bicyclic) bond motifs is 1. The molecule has 0 aromatic carbocycles. The first-order valence-corrected chi connectivity index (χ1v) is 7.46. The number of anilines is 2. The zero-order valence-corrected chi connectivity index (χ0v) is 12.6. The fourth-order valence-corrected chi connectivity index (χ4v) is 3.20. The lowest BCUT2D eigenvalue weighted by Gasteiger charge is -2.29. The van der Waals surface area contributed by atoms with Gasteiger partial charge in [0.15, 0.2) is 5.82 Å². The second-order valence-electron chi connectivity index (χ2n) is 6.25. The third kappa shape index (κ3) is 2.91. The summed E-state index contributed by atoms with van der Waals surface area (Å²) in [6.45, 7) is 6.75. The predicted molar refractivity (Wildman–Crippen MR) is 80.7 cm³/mol. The van der Waals surface area contributed by atoms with Crippen LogP contribution in [0.4, 0.5) is 11.5 Å². The van der Waals surface area contributed by atoms with E-state index in [-0.39, 0.29) is 0 Å². The van der Waals surface area contributed by atoms with Gasteiger partial charge in [-0.15, -0.1) is 0 Å². The molecular weight excluding hydrogens is 270 g/mol. The molecule has 116 valence electrons. The van der Waals surface area contributed by atoms with Crippen LogP contribution in [0.2, 0.25) is 0 Å². The number of aliphatic hydroxyl groups excluding tert-OH is 1. The monoisotopic (exact) mass is 293 g/mol. The molecule has 1 fully saturated rings. The zero-order valence-electron chi connectivity index (χ0n) is 12.6. The second-order valence-corrected chi connectivity index (χ2v) is 6.25. The van der Waals surface area contributed by atoms with E-state index in [2.05, 4.69) is 9.88 Å². The molecule has 0 bridgehead atoms. The van der Waals surface area contributed by atoms with E-state index in [1.165, 1.54) is 0 Å². The minimum atomic E-state index is -0.403. The Kier molecular flexibility index (Phi) is 3.67. The van der Waals surface area contributed by atoms with Crippen LogP contribution in [0, 0.1) is 0 Å². The highest BCUT2D eigenvalue weighted by molar-refractivity contribution is 5.66. The molecule has 3 rings (SSSR count). The summed E-state index contributed by atoms with van der Waals surface area (Å²) >= 11 is 0. The SMILES string of the molecule is CC(O)CC1(C)Cc2cc(N)c(N3CCOCC3)nc2O1. The van der Waals surface area contributed by atoms with E-state index >= 15 is 0 Å². The third-order valence-electron chi connectivity index (χ3n) is 4.02. The Morgan fingerprint density at radius 2 is 2.19 bits per heavy atom. The zero-order chi connectivity index (χ0) is 15.0. The molecule has 0 spiro atoms. The summed E-state index contributed by atoms with van der Waals surface area (Å²) in [5.41, 5.74) is 7.46. The highest BCUT2D eigenvalue weighted by Crippen LogP contribution is 2.39.